The minimum Gasteiger partial charge on any atom is -0.373 e. The summed E-state index contributed by atoms with van der Waals surface area (Å²) in [5, 5.41) is 12.4. The molecule has 360 valence electrons. The number of amides is 4. The number of carbonyl (C=O) groups excluding carboxylic acids is 2. The van der Waals surface area contributed by atoms with E-state index in [2.05, 4.69) is 31.2 Å². The number of nitrogens with zero attached hydrogens (tertiary/aromatic N) is 4. The SMILES string of the molecule is CN(C(=O)Nc1ccc(F)c(C(F)F)c1)C1COCc2nc(NCCN)c3cc(F)c(F)cc3c21.CN(C(=O)Nc1ccc(F)c(Cl)c1)C1COCc2nc(NCCN)c3cc(F)c(F)cc3c21. The Bertz CT molecular complexity index is 2880. The van der Waals surface area contributed by atoms with E-state index in [0.29, 0.717) is 81.0 Å². The lowest BCUT2D eigenvalue weighted by molar-refractivity contribution is 0.0529. The molecule has 8 rings (SSSR count). The van der Waals surface area contributed by atoms with Crippen molar-refractivity contribution in [1.29, 1.82) is 0 Å². The highest BCUT2D eigenvalue weighted by Gasteiger charge is 2.34. The van der Waals surface area contributed by atoms with E-state index in [-0.39, 0.29) is 43.7 Å². The van der Waals surface area contributed by atoms with Gasteiger partial charge in [-0.3, -0.25) is 0 Å². The second-order valence-electron chi connectivity index (χ2n) is 15.5. The summed E-state index contributed by atoms with van der Waals surface area (Å²) in [5.74, 6) is -5.21. The first-order valence-electron chi connectivity index (χ1n) is 20.8. The van der Waals surface area contributed by atoms with Crippen LogP contribution in [0.5, 0.6) is 0 Å². The number of alkyl halides is 2. The number of ether oxygens (including phenoxy) is 2. The van der Waals surface area contributed by atoms with Gasteiger partial charge in [0.25, 0.3) is 6.43 Å². The number of nitrogens with one attached hydrogen (secondary N) is 4. The Kier molecular flexibility index (Phi) is 15.3. The lowest BCUT2D eigenvalue weighted by Gasteiger charge is -2.34. The number of anilines is 4. The standard InChI is InChI=1S/C23H22F5N5O2.C22H21ClF3N5O2/c1-33(23(34)31-11-2-3-15(24)14(6-11)21(27)28)19-10-35-9-18-20(19)12-7-16(25)17(26)8-13(12)22(32-18)30-5-4-29;1-31(22(32)29-11-2-3-15(24)14(23)6-11)19-10-33-9-18-20(19)12-7-16(25)17(26)8-13(12)21(30-18)28-5-4-27/h2-3,6-8,19,21H,4-5,9-10,29H2,1H3,(H,30,32)(H,31,34);2-3,6-8,19H,4-5,9-10,27H2,1H3,(H,28,30)(H,29,32). The number of hydrogen-bond donors (Lipinski definition) is 6. The van der Waals surface area contributed by atoms with Crippen LogP contribution in [-0.2, 0) is 22.7 Å². The summed E-state index contributed by atoms with van der Waals surface area (Å²) in [6.07, 6.45) is -3.06. The van der Waals surface area contributed by atoms with Crippen molar-refractivity contribution in [3.05, 3.63) is 129 Å². The summed E-state index contributed by atoms with van der Waals surface area (Å²) in [5.41, 5.74) is 12.5. The van der Waals surface area contributed by atoms with Crippen molar-refractivity contribution in [2.24, 2.45) is 11.5 Å². The minimum atomic E-state index is -3.06. The number of carbonyl (C=O) groups is 2. The second-order valence-corrected chi connectivity index (χ2v) is 15.9. The molecule has 2 unspecified atom stereocenters. The van der Waals surface area contributed by atoms with Gasteiger partial charge >= 0.3 is 12.1 Å². The summed E-state index contributed by atoms with van der Waals surface area (Å²) < 4.78 is 121. The molecule has 0 saturated heterocycles. The number of nitrogens with two attached hydrogens (primary N) is 2. The molecule has 14 nitrogen and oxygen atoms in total. The van der Waals surface area contributed by atoms with Crippen LogP contribution in [0.25, 0.3) is 21.5 Å². The molecule has 23 heteroatoms. The van der Waals surface area contributed by atoms with Crippen LogP contribution in [-0.4, -0.2) is 85.3 Å². The van der Waals surface area contributed by atoms with Crippen LogP contribution < -0.4 is 32.7 Å². The molecule has 2 aromatic heterocycles. The predicted molar refractivity (Wildman–Crippen MR) is 240 cm³/mol. The number of benzene rings is 4. The Balaban J connectivity index is 0.000000202. The van der Waals surface area contributed by atoms with E-state index >= 15 is 0 Å². The Morgan fingerprint density at radius 1 is 0.647 bits per heavy atom. The summed E-state index contributed by atoms with van der Waals surface area (Å²) in [6.45, 7) is 1.67. The molecule has 2 atom stereocenters. The zero-order valence-corrected chi connectivity index (χ0v) is 36.9. The van der Waals surface area contributed by atoms with Crippen molar-refractivity contribution in [2.45, 2.75) is 31.7 Å². The van der Waals surface area contributed by atoms with E-state index in [1.807, 2.05) is 0 Å². The van der Waals surface area contributed by atoms with E-state index in [4.69, 9.17) is 32.5 Å². The number of halogens is 9. The third-order valence-electron chi connectivity index (χ3n) is 11.1. The van der Waals surface area contributed by atoms with Gasteiger partial charge < -0.3 is 52.0 Å². The van der Waals surface area contributed by atoms with Crippen molar-refractivity contribution in [1.82, 2.24) is 19.8 Å². The molecule has 2 aliphatic heterocycles. The van der Waals surface area contributed by atoms with Gasteiger partial charge in [-0.15, -0.1) is 0 Å². The maximum absolute atomic E-state index is 14.3. The molecule has 0 spiro atoms. The van der Waals surface area contributed by atoms with Crippen LogP contribution in [0.4, 0.5) is 67.7 Å². The maximum Gasteiger partial charge on any atom is 0.322 e. The van der Waals surface area contributed by atoms with E-state index in [9.17, 15) is 44.7 Å². The molecule has 0 fully saturated rings. The molecule has 0 saturated carbocycles. The molecule has 4 aromatic carbocycles. The summed E-state index contributed by atoms with van der Waals surface area (Å²) in [4.78, 5) is 37.5. The Hall–Kier alpha value is -6.59. The van der Waals surface area contributed by atoms with Crippen LogP contribution in [0.3, 0.4) is 0 Å². The van der Waals surface area contributed by atoms with Gasteiger partial charge in [0.1, 0.15) is 23.3 Å². The Morgan fingerprint density at radius 2 is 1.06 bits per heavy atom. The first-order valence-corrected chi connectivity index (χ1v) is 21.2. The maximum atomic E-state index is 14.3. The van der Waals surface area contributed by atoms with Crippen LogP contribution in [0.15, 0.2) is 60.7 Å². The van der Waals surface area contributed by atoms with Gasteiger partial charge in [-0.25, -0.2) is 54.7 Å². The van der Waals surface area contributed by atoms with Crippen LogP contribution >= 0.6 is 11.6 Å². The van der Waals surface area contributed by atoms with Crippen LogP contribution in [0.1, 0.15) is 46.6 Å². The Labute approximate surface area is 387 Å². The normalized spacial score (nSPS) is 15.3. The molecule has 6 aromatic rings. The Morgan fingerprint density at radius 3 is 1.47 bits per heavy atom. The minimum absolute atomic E-state index is 0.0218. The quantitative estimate of drug-likeness (QED) is 0.0685. The smallest absolute Gasteiger partial charge is 0.322 e. The van der Waals surface area contributed by atoms with E-state index in [0.717, 1.165) is 48.5 Å². The van der Waals surface area contributed by atoms with Crippen molar-refractivity contribution in [2.75, 3.05) is 74.8 Å². The number of hydrogen-bond acceptors (Lipinski definition) is 10. The lowest BCUT2D eigenvalue weighted by Crippen LogP contribution is -2.39. The highest BCUT2D eigenvalue weighted by Crippen LogP contribution is 2.40. The highest BCUT2D eigenvalue weighted by atomic mass is 35.5. The number of fused-ring (bicyclic) bond motifs is 6. The van der Waals surface area contributed by atoms with Crippen molar-refractivity contribution < 1.29 is 54.2 Å². The molecule has 0 radical (unpaired) electrons. The van der Waals surface area contributed by atoms with Crippen LogP contribution in [0, 0.1) is 34.9 Å². The van der Waals surface area contributed by atoms with Crippen molar-refractivity contribution in [3.63, 3.8) is 0 Å². The number of rotatable bonds is 11. The largest absolute Gasteiger partial charge is 0.373 e. The topological polar surface area (TPSA) is 185 Å². The number of likely N-dealkylation sites (N-methyl/N-ethyl adjacent to an activating group) is 2. The molecule has 4 amide bonds. The molecule has 8 N–H and O–H groups in total. The number of aromatic nitrogens is 2. The zero-order valence-electron chi connectivity index (χ0n) is 36.1. The first-order chi connectivity index (χ1) is 32.5. The average molecular weight is 975 g/mol. The van der Waals surface area contributed by atoms with E-state index in [1.165, 1.54) is 36.0 Å². The zero-order chi connectivity index (χ0) is 49.0. The average Bonchev–Trinajstić information content (AvgIpc) is 3.31. The predicted octanol–water partition coefficient (Wildman–Crippen LogP) is 9.11. The monoisotopic (exact) mass is 974 g/mol. The highest BCUT2D eigenvalue weighted by molar-refractivity contribution is 6.31. The molecular formula is C45H43ClF8N10O4. The number of pyridine rings is 2. The third kappa shape index (κ3) is 10.4. The van der Waals surface area contributed by atoms with E-state index < -0.39 is 71.0 Å². The number of urea groups is 2. The summed E-state index contributed by atoms with van der Waals surface area (Å²) >= 11 is 5.79. The molecule has 0 bridgehead atoms. The summed E-state index contributed by atoms with van der Waals surface area (Å²) in [7, 11) is 2.97. The van der Waals surface area contributed by atoms with Gasteiger partial charge in [0.05, 0.1) is 60.5 Å². The van der Waals surface area contributed by atoms with Gasteiger partial charge in [-0.2, -0.15) is 0 Å². The fraction of sp³-hybridized carbons (Fsp3) is 0.289. The molecule has 2 aliphatic rings. The first kappa shape index (κ1) is 49.3. The molecular weight excluding hydrogens is 932 g/mol. The summed E-state index contributed by atoms with van der Waals surface area (Å²) in [6, 6.07) is 8.23. The fourth-order valence-corrected chi connectivity index (χ4v) is 7.93. The van der Waals surface area contributed by atoms with Gasteiger partial charge in [-0.1, -0.05) is 11.6 Å². The fourth-order valence-electron chi connectivity index (χ4n) is 7.75. The lowest BCUT2D eigenvalue weighted by atomic mass is 9.95. The second kappa shape index (κ2) is 21.1. The molecule has 0 aliphatic carbocycles. The van der Waals surface area contributed by atoms with E-state index in [1.54, 1.807) is 0 Å². The van der Waals surface area contributed by atoms with Crippen molar-refractivity contribution >= 4 is 68.2 Å². The van der Waals surface area contributed by atoms with Gasteiger partial charge in [-0.05, 0) is 71.4 Å². The van der Waals surface area contributed by atoms with Gasteiger partial charge in [0, 0.05) is 73.5 Å². The van der Waals surface area contributed by atoms with Crippen molar-refractivity contribution in [3.8, 4) is 0 Å². The van der Waals surface area contributed by atoms with Gasteiger partial charge in [0.15, 0.2) is 23.3 Å². The van der Waals surface area contributed by atoms with Crippen LogP contribution in [0.2, 0.25) is 5.02 Å². The third-order valence-corrected chi connectivity index (χ3v) is 11.4. The molecule has 68 heavy (non-hydrogen) atoms. The molecule has 4 heterocycles. The van der Waals surface area contributed by atoms with Gasteiger partial charge in [0.2, 0.25) is 0 Å².